The van der Waals surface area contributed by atoms with Crippen molar-refractivity contribution in [1.82, 2.24) is 4.90 Å². The number of hydrogen-bond donors (Lipinski definition) is 1. The molecule has 1 aliphatic rings. The number of hydrogen-bond acceptors (Lipinski definition) is 6. The van der Waals surface area contributed by atoms with Gasteiger partial charge in [-0.1, -0.05) is 47.7 Å². The van der Waals surface area contributed by atoms with Crippen molar-refractivity contribution in [3.63, 3.8) is 0 Å². The number of ether oxygens (including phenoxy) is 2. The molecule has 1 N–H and O–H groups in total. The smallest absolute Gasteiger partial charge is 0.266 e. The number of carbonyl (C=O) groups excluding carboxylic acids is 2. The molecule has 0 spiro atoms. The minimum absolute atomic E-state index is 0.121. The molecule has 0 atom stereocenters. The van der Waals surface area contributed by atoms with E-state index in [2.05, 4.69) is 21.2 Å². The topological polar surface area (TPSA) is 67.9 Å². The number of likely N-dealkylation sites (N-methyl/N-ethyl adjacent to an activating group) is 1. The van der Waals surface area contributed by atoms with Gasteiger partial charge in [0.25, 0.3) is 11.8 Å². The van der Waals surface area contributed by atoms with Crippen LogP contribution in [0.15, 0.2) is 45.8 Å². The van der Waals surface area contributed by atoms with Gasteiger partial charge in [-0.25, -0.2) is 0 Å². The maximum atomic E-state index is 12.4. The maximum Gasteiger partial charge on any atom is 0.266 e. The second kappa shape index (κ2) is 10.5. The molecule has 162 valence electrons. The van der Waals surface area contributed by atoms with Crippen LogP contribution in [0.3, 0.4) is 0 Å². The predicted molar refractivity (Wildman–Crippen MR) is 132 cm³/mol. The number of halogens is 2. The SMILES string of the molecule is CCN1C(=O)/C(=C/c2cc(Br)c(OCC(=O)Nc3ccccc3Cl)c(OC)c2)SC1=S. The van der Waals surface area contributed by atoms with Crippen LogP contribution in [0.4, 0.5) is 5.69 Å². The second-order valence-corrected chi connectivity index (χ2v) is 9.21. The minimum atomic E-state index is -0.366. The van der Waals surface area contributed by atoms with E-state index in [-0.39, 0.29) is 18.4 Å². The van der Waals surface area contributed by atoms with Gasteiger partial charge < -0.3 is 14.8 Å². The zero-order chi connectivity index (χ0) is 22.5. The average molecular weight is 542 g/mol. The lowest BCUT2D eigenvalue weighted by Crippen LogP contribution is -2.27. The number of thiocarbonyl (C=S) groups is 1. The van der Waals surface area contributed by atoms with E-state index in [0.717, 1.165) is 5.56 Å². The Balaban J connectivity index is 1.75. The first-order valence-corrected chi connectivity index (χ1v) is 11.5. The van der Waals surface area contributed by atoms with Gasteiger partial charge in [0, 0.05) is 6.54 Å². The molecule has 0 radical (unpaired) electrons. The van der Waals surface area contributed by atoms with Crippen molar-refractivity contribution in [3.8, 4) is 11.5 Å². The van der Waals surface area contributed by atoms with E-state index in [1.54, 1.807) is 47.4 Å². The second-order valence-electron chi connectivity index (χ2n) is 6.28. The van der Waals surface area contributed by atoms with E-state index < -0.39 is 0 Å². The van der Waals surface area contributed by atoms with Crippen molar-refractivity contribution >= 4 is 79.4 Å². The first kappa shape index (κ1) is 23.6. The van der Waals surface area contributed by atoms with Crippen molar-refractivity contribution in [2.45, 2.75) is 6.92 Å². The highest BCUT2D eigenvalue weighted by Gasteiger charge is 2.30. The summed E-state index contributed by atoms with van der Waals surface area (Å²) in [5, 5.41) is 3.13. The zero-order valence-electron chi connectivity index (χ0n) is 16.6. The van der Waals surface area contributed by atoms with Gasteiger partial charge in [-0.05, 0) is 58.8 Å². The third-order valence-electron chi connectivity index (χ3n) is 4.23. The number of nitrogens with one attached hydrogen (secondary N) is 1. The molecule has 0 unspecified atom stereocenters. The van der Waals surface area contributed by atoms with E-state index in [1.165, 1.54) is 18.9 Å². The summed E-state index contributed by atoms with van der Waals surface area (Å²) < 4.78 is 12.2. The molecule has 1 heterocycles. The summed E-state index contributed by atoms with van der Waals surface area (Å²) in [4.78, 5) is 26.8. The van der Waals surface area contributed by atoms with E-state index >= 15 is 0 Å². The molecule has 10 heteroatoms. The van der Waals surface area contributed by atoms with Gasteiger partial charge in [0.2, 0.25) is 0 Å². The summed E-state index contributed by atoms with van der Waals surface area (Å²) in [5.41, 5.74) is 1.23. The Morgan fingerprint density at radius 3 is 2.74 bits per heavy atom. The Morgan fingerprint density at radius 2 is 2.10 bits per heavy atom. The Bertz CT molecular complexity index is 1080. The molecule has 0 bridgehead atoms. The van der Waals surface area contributed by atoms with Gasteiger partial charge >= 0.3 is 0 Å². The summed E-state index contributed by atoms with van der Waals surface area (Å²) in [5.74, 6) is 0.297. The normalized spacial score (nSPS) is 14.8. The maximum absolute atomic E-state index is 12.4. The van der Waals surface area contributed by atoms with Gasteiger partial charge in [-0.3, -0.25) is 14.5 Å². The number of benzene rings is 2. The predicted octanol–water partition coefficient (Wildman–Crippen LogP) is 5.35. The van der Waals surface area contributed by atoms with Crippen molar-refractivity contribution in [2.24, 2.45) is 0 Å². The first-order valence-electron chi connectivity index (χ1n) is 9.14. The fraction of sp³-hybridized carbons (Fsp3) is 0.190. The average Bonchev–Trinajstić information content (AvgIpc) is 3.00. The molecule has 2 amide bonds. The van der Waals surface area contributed by atoms with Crippen molar-refractivity contribution < 1.29 is 19.1 Å². The highest BCUT2D eigenvalue weighted by Crippen LogP contribution is 2.39. The van der Waals surface area contributed by atoms with Crippen LogP contribution in [0.5, 0.6) is 11.5 Å². The lowest BCUT2D eigenvalue weighted by molar-refractivity contribution is -0.122. The van der Waals surface area contributed by atoms with Crippen molar-refractivity contribution in [3.05, 3.63) is 56.4 Å². The Hall–Kier alpha value is -2.07. The Labute approximate surface area is 203 Å². The fourth-order valence-corrected chi connectivity index (χ4v) is 4.92. The molecule has 1 aliphatic heterocycles. The summed E-state index contributed by atoms with van der Waals surface area (Å²) in [7, 11) is 1.50. The van der Waals surface area contributed by atoms with Gasteiger partial charge in [0.1, 0.15) is 4.32 Å². The fourth-order valence-electron chi connectivity index (χ4n) is 2.77. The van der Waals surface area contributed by atoms with E-state index in [9.17, 15) is 9.59 Å². The van der Waals surface area contributed by atoms with Gasteiger partial charge in [-0.15, -0.1) is 0 Å². The van der Waals surface area contributed by atoms with Crippen LogP contribution in [0.25, 0.3) is 6.08 Å². The number of anilines is 1. The quantitative estimate of drug-likeness (QED) is 0.377. The van der Waals surface area contributed by atoms with Crippen LogP contribution < -0.4 is 14.8 Å². The first-order chi connectivity index (χ1) is 14.8. The van der Waals surface area contributed by atoms with Gasteiger partial charge in [0.05, 0.1) is 27.2 Å². The summed E-state index contributed by atoms with van der Waals surface area (Å²) in [6, 6.07) is 10.4. The number of para-hydroxylation sites is 1. The summed E-state index contributed by atoms with van der Waals surface area (Å²) in [6.07, 6.45) is 1.75. The third-order valence-corrected chi connectivity index (χ3v) is 6.53. The van der Waals surface area contributed by atoms with Crippen LogP contribution in [0.1, 0.15) is 12.5 Å². The molecule has 0 saturated carbocycles. The molecular weight excluding hydrogens is 524 g/mol. The van der Waals surface area contributed by atoms with Crippen LogP contribution >= 0.6 is 51.5 Å². The van der Waals surface area contributed by atoms with E-state index in [0.29, 0.717) is 42.5 Å². The van der Waals surface area contributed by atoms with Gasteiger partial charge in [0.15, 0.2) is 18.1 Å². The highest BCUT2D eigenvalue weighted by molar-refractivity contribution is 9.10. The monoisotopic (exact) mass is 540 g/mol. The summed E-state index contributed by atoms with van der Waals surface area (Å²) >= 11 is 16.0. The molecule has 3 rings (SSSR count). The third kappa shape index (κ3) is 5.60. The van der Waals surface area contributed by atoms with Crippen LogP contribution in [0.2, 0.25) is 5.02 Å². The Kier molecular flexibility index (Phi) is 7.99. The standard InChI is InChI=1S/C21H18BrClN2O4S2/c1-3-25-20(27)17(31-21(25)30)10-12-8-13(22)19(16(9-12)28-2)29-11-18(26)24-15-7-5-4-6-14(15)23/h4-10H,3,11H2,1-2H3,(H,24,26)/b17-10-. The number of methoxy groups -OCH3 is 1. The molecule has 31 heavy (non-hydrogen) atoms. The van der Waals surface area contributed by atoms with E-state index in [1.807, 2.05) is 6.92 Å². The largest absolute Gasteiger partial charge is 0.493 e. The molecule has 1 fully saturated rings. The molecule has 2 aromatic carbocycles. The number of nitrogens with zero attached hydrogens (tertiary/aromatic N) is 1. The molecule has 6 nitrogen and oxygen atoms in total. The van der Waals surface area contributed by atoms with Crippen molar-refractivity contribution in [1.29, 1.82) is 0 Å². The number of carbonyl (C=O) groups is 2. The molecule has 0 aromatic heterocycles. The highest BCUT2D eigenvalue weighted by atomic mass is 79.9. The Morgan fingerprint density at radius 1 is 1.35 bits per heavy atom. The lowest BCUT2D eigenvalue weighted by atomic mass is 10.2. The van der Waals surface area contributed by atoms with Gasteiger partial charge in [-0.2, -0.15) is 0 Å². The van der Waals surface area contributed by atoms with Crippen LogP contribution in [-0.2, 0) is 9.59 Å². The van der Waals surface area contributed by atoms with Crippen LogP contribution in [-0.4, -0.2) is 41.3 Å². The zero-order valence-corrected chi connectivity index (χ0v) is 20.6. The van der Waals surface area contributed by atoms with E-state index in [4.69, 9.17) is 33.3 Å². The minimum Gasteiger partial charge on any atom is -0.493 e. The van der Waals surface area contributed by atoms with Crippen LogP contribution in [0, 0.1) is 0 Å². The van der Waals surface area contributed by atoms with Crippen molar-refractivity contribution in [2.75, 3.05) is 25.6 Å². The molecular formula is C21H18BrClN2O4S2. The molecule has 0 aliphatic carbocycles. The molecule has 1 saturated heterocycles. The number of rotatable bonds is 7. The lowest BCUT2D eigenvalue weighted by Gasteiger charge is -2.14. The summed E-state index contributed by atoms with van der Waals surface area (Å²) in [6.45, 7) is 2.16. The number of thioether (sulfide) groups is 1. The molecule has 2 aromatic rings. The number of amides is 2.